The van der Waals surface area contributed by atoms with Gasteiger partial charge in [-0.1, -0.05) is 12.1 Å². The Labute approximate surface area is 125 Å². The van der Waals surface area contributed by atoms with E-state index in [0.717, 1.165) is 5.56 Å². The lowest BCUT2D eigenvalue weighted by Gasteiger charge is -2.08. The monoisotopic (exact) mass is 295 g/mol. The summed E-state index contributed by atoms with van der Waals surface area (Å²) in [5.41, 5.74) is 6.71. The molecule has 2 aromatic heterocycles. The van der Waals surface area contributed by atoms with Gasteiger partial charge in [0, 0.05) is 30.6 Å². The third kappa shape index (κ3) is 2.39. The first kappa shape index (κ1) is 13.7. The van der Waals surface area contributed by atoms with Crippen molar-refractivity contribution >= 4 is 5.91 Å². The lowest BCUT2D eigenvalue weighted by Crippen LogP contribution is -2.20. The first-order chi connectivity index (χ1) is 10.6. The van der Waals surface area contributed by atoms with E-state index in [1.807, 2.05) is 12.1 Å². The molecule has 7 nitrogen and oxygen atoms in total. The molecule has 110 valence electrons. The number of benzene rings is 1. The van der Waals surface area contributed by atoms with Gasteiger partial charge in [-0.25, -0.2) is 9.67 Å². The van der Waals surface area contributed by atoms with Crippen LogP contribution in [0.1, 0.15) is 10.4 Å². The minimum absolute atomic E-state index is 0.250. The summed E-state index contributed by atoms with van der Waals surface area (Å²) in [5, 5.41) is 4.03. The standard InChI is InChI=1S/C15H13N5O2/c1-19-15(17-9-18-19)10-3-2-4-12(7-10)20-8-11(14(16)22)5-6-13(20)21/h2-9H,1H3,(H2,16,22). The van der Waals surface area contributed by atoms with Crippen LogP contribution in [0.25, 0.3) is 17.1 Å². The predicted octanol–water partition coefficient (Wildman–Crippen LogP) is 0.732. The molecule has 0 unspecified atom stereocenters. The van der Waals surface area contributed by atoms with Gasteiger partial charge in [0.25, 0.3) is 5.56 Å². The van der Waals surface area contributed by atoms with Gasteiger partial charge in [-0.3, -0.25) is 14.2 Å². The number of rotatable bonds is 3. The van der Waals surface area contributed by atoms with Crippen LogP contribution in [0.5, 0.6) is 0 Å². The fourth-order valence-electron chi connectivity index (χ4n) is 2.19. The molecule has 0 aliphatic rings. The maximum Gasteiger partial charge on any atom is 0.255 e. The Morgan fingerprint density at radius 1 is 1.23 bits per heavy atom. The lowest BCUT2D eigenvalue weighted by molar-refractivity contribution is 0.0999. The summed E-state index contributed by atoms with van der Waals surface area (Å²) in [5.74, 6) is 0.0964. The van der Waals surface area contributed by atoms with Crippen molar-refractivity contribution in [2.45, 2.75) is 0 Å². The maximum absolute atomic E-state index is 12.0. The van der Waals surface area contributed by atoms with Crippen LogP contribution >= 0.6 is 0 Å². The summed E-state index contributed by atoms with van der Waals surface area (Å²) < 4.78 is 3.02. The van der Waals surface area contributed by atoms with Crippen LogP contribution < -0.4 is 11.3 Å². The highest BCUT2D eigenvalue weighted by Gasteiger charge is 2.08. The Morgan fingerprint density at radius 3 is 2.73 bits per heavy atom. The number of hydrogen-bond acceptors (Lipinski definition) is 4. The Morgan fingerprint density at radius 2 is 2.05 bits per heavy atom. The highest BCUT2D eigenvalue weighted by atomic mass is 16.1. The molecule has 7 heteroatoms. The fourth-order valence-corrected chi connectivity index (χ4v) is 2.19. The summed E-state index contributed by atoms with van der Waals surface area (Å²) in [6, 6.07) is 9.98. The summed E-state index contributed by atoms with van der Waals surface area (Å²) in [6.07, 6.45) is 2.89. The van der Waals surface area contributed by atoms with Gasteiger partial charge in [-0.05, 0) is 18.2 Å². The SMILES string of the molecule is Cn1ncnc1-c1cccc(-n2cc(C(N)=O)ccc2=O)c1. The molecule has 3 aromatic rings. The van der Waals surface area contributed by atoms with E-state index in [-0.39, 0.29) is 11.1 Å². The molecule has 0 atom stereocenters. The second-order valence-electron chi connectivity index (χ2n) is 4.75. The van der Waals surface area contributed by atoms with Crippen molar-refractivity contribution in [1.82, 2.24) is 19.3 Å². The van der Waals surface area contributed by atoms with Crippen LogP contribution in [0.4, 0.5) is 0 Å². The third-order valence-corrected chi connectivity index (χ3v) is 3.29. The van der Waals surface area contributed by atoms with E-state index in [9.17, 15) is 9.59 Å². The molecule has 2 heterocycles. The molecule has 0 radical (unpaired) electrons. The van der Waals surface area contributed by atoms with Crippen molar-refractivity contribution in [2.24, 2.45) is 12.8 Å². The van der Waals surface area contributed by atoms with Crippen molar-refractivity contribution in [3.63, 3.8) is 0 Å². The first-order valence-electron chi connectivity index (χ1n) is 6.53. The summed E-state index contributed by atoms with van der Waals surface area (Å²) in [6.45, 7) is 0. The van der Waals surface area contributed by atoms with Crippen LogP contribution in [-0.4, -0.2) is 25.2 Å². The van der Waals surface area contributed by atoms with Gasteiger partial charge in [0.1, 0.15) is 6.33 Å². The Balaban J connectivity index is 2.14. The van der Waals surface area contributed by atoms with Gasteiger partial charge in [0.2, 0.25) is 5.91 Å². The second kappa shape index (κ2) is 5.28. The van der Waals surface area contributed by atoms with Gasteiger partial charge in [0.05, 0.1) is 5.56 Å². The summed E-state index contributed by atoms with van der Waals surface area (Å²) in [7, 11) is 1.79. The molecule has 0 fully saturated rings. The molecule has 1 amide bonds. The molecule has 1 aromatic carbocycles. The number of carbonyl (C=O) groups excluding carboxylic acids is 1. The smallest absolute Gasteiger partial charge is 0.255 e. The van der Waals surface area contributed by atoms with Crippen molar-refractivity contribution in [3.05, 3.63) is 64.8 Å². The Kier molecular flexibility index (Phi) is 3.30. The van der Waals surface area contributed by atoms with Crippen LogP contribution in [0.15, 0.2) is 53.7 Å². The van der Waals surface area contributed by atoms with Gasteiger partial charge in [0.15, 0.2) is 5.82 Å². The van der Waals surface area contributed by atoms with Crippen molar-refractivity contribution < 1.29 is 4.79 Å². The molecular formula is C15H13N5O2. The number of aromatic nitrogens is 4. The van der Waals surface area contributed by atoms with Crippen LogP contribution in [0.2, 0.25) is 0 Å². The number of aryl methyl sites for hydroxylation is 1. The van der Waals surface area contributed by atoms with Crippen LogP contribution in [0.3, 0.4) is 0 Å². The molecule has 0 bridgehead atoms. The van der Waals surface area contributed by atoms with E-state index in [2.05, 4.69) is 10.1 Å². The molecule has 0 spiro atoms. The van der Waals surface area contributed by atoms with Gasteiger partial charge >= 0.3 is 0 Å². The quantitative estimate of drug-likeness (QED) is 0.770. The number of primary amides is 1. The molecule has 0 aliphatic heterocycles. The number of carbonyl (C=O) groups is 1. The minimum Gasteiger partial charge on any atom is -0.366 e. The normalized spacial score (nSPS) is 10.6. The minimum atomic E-state index is -0.585. The van der Waals surface area contributed by atoms with Crippen molar-refractivity contribution in [2.75, 3.05) is 0 Å². The number of hydrogen-bond donors (Lipinski definition) is 1. The van der Waals surface area contributed by atoms with Gasteiger partial charge in [-0.2, -0.15) is 5.10 Å². The van der Waals surface area contributed by atoms with Crippen LogP contribution in [0, 0.1) is 0 Å². The largest absolute Gasteiger partial charge is 0.366 e. The zero-order valence-corrected chi connectivity index (χ0v) is 11.8. The van der Waals surface area contributed by atoms with E-state index in [4.69, 9.17) is 5.73 Å². The summed E-state index contributed by atoms with van der Waals surface area (Å²) in [4.78, 5) is 27.5. The molecule has 3 rings (SSSR count). The second-order valence-corrected chi connectivity index (χ2v) is 4.75. The number of amides is 1. The third-order valence-electron chi connectivity index (χ3n) is 3.29. The topological polar surface area (TPSA) is 95.8 Å². The Hall–Kier alpha value is -3.22. The predicted molar refractivity (Wildman–Crippen MR) is 80.6 cm³/mol. The molecule has 0 aliphatic carbocycles. The Bertz CT molecular complexity index is 910. The van der Waals surface area contributed by atoms with Gasteiger partial charge < -0.3 is 5.73 Å². The lowest BCUT2D eigenvalue weighted by atomic mass is 10.1. The zero-order valence-electron chi connectivity index (χ0n) is 11.8. The molecular weight excluding hydrogens is 282 g/mol. The summed E-state index contributed by atoms with van der Waals surface area (Å²) >= 11 is 0. The highest BCUT2D eigenvalue weighted by molar-refractivity contribution is 5.92. The van der Waals surface area contributed by atoms with E-state index in [0.29, 0.717) is 11.5 Å². The zero-order chi connectivity index (χ0) is 15.7. The highest BCUT2D eigenvalue weighted by Crippen LogP contribution is 2.18. The van der Waals surface area contributed by atoms with Gasteiger partial charge in [-0.15, -0.1) is 0 Å². The van der Waals surface area contributed by atoms with E-state index in [1.54, 1.807) is 23.9 Å². The fraction of sp³-hybridized carbons (Fsp3) is 0.0667. The molecule has 0 saturated heterocycles. The maximum atomic E-state index is 12.0. The number of nitrogens with two attached hydrogens (primary N) is 1. The first-order valence-corrected chi connectivity index (χ1v) is 6.53. The van der Waals surface area contributed by atoms with Crippen LogP contribution in [-0.2, 0) is 7.05 Å². The average molecular weight is 295 g/mol. The van der Waals surface area contributed by atoms with E-state index in [1.165, 1.54) is 29.2 Å². The number of pyridine rings is 1. The number of nitrogens with zero attached hydrogens (tertiary/aromatic N) is 4. The van der Waals surface area contributed by atoms with E-state index < -0.39 is 5.91 Å². The van der Waals surface area contributed by atoms with Crippen molar-refractivity contribution in [1.29, 1.82) is 0 Å². The van der Waals surface area contributed by atoms with E-state index >= 15 is 0 Å². The molecule has 2 N–H and O–H groups in total. The average Bonchev–Trinajstić information content (AvgIpc) is 2.94. The molecule has 0 saturated carbocycles. The molecule has 22 heavy (non-hydrogen) atoms. The van der Waals surface area contributed by atoms with Crippen molar-refractivity contribution in [3.8, 4) is 17.1 Å².